The van der Waals surface area contributed by atoms with E-state index in [0.29, 0.717) is 6.04 Å². The second-order valence-electron chi connectivity index (χ2n) is 4.27. The van der Waals surface area contributed by atoms with Gasteiger partial charge in [0.2, 0.25) is 5.96 Å². The van der Waals surface area contributed by atoms with Crippen molar-refractivity contribution in [1.82, 2.24) is 15.2 Å². The Labute approximate surface area is 98.7 Å². The number of rotatable bonds is 3. The van der Waals surface area contributed by atoms with Crippen LogP contribution in [0.5, 0.6) is 0 Å². The van der Waals surface area contributed by atoms with E-state index in [-0.39, 0.29) is 0 Å². The van der Waals surface area contributed by atoms with Gasteiger partial charge in [-0.05, 0) is 19.9 Å². The number of likely N-dealkylation sites (N-methyl/N-ethyl adjacent to an activating group) is 1. The molecule has 0 radical (unpaired) electrons. The summed E-state index contributed by atoms with van der Waals surface area (Å²) in [6, 6.07) is 0.568. The summed E-state index contributed by atoms with van der Waals surface area (Å²) >= 11 is 0. The molecule has 3 N–H and O–H groups in total. The van der Waals surface area contributed by atoms with Crippen LogP contribution >= 0.6 is 0 Å². The molecule has 0 aliphatic carbocycles. The van der Waals surface area contributed by atoms with Gasteiger partial charge in [-0.3, -0.25) is 15.3 Å². The van der Waals surface area contributed by atoms with E-state index in [1.165, 1.54) is 0 Å². The number of guanidine groups is 1. The second-order valence-corrected chi connectivity index (χ2v) is 4.27. The Balaban J connectivity index is 2.54. The molecule has 1 atom stereocenters. The summed E-state index contributed by atoms with van der Waals surface area (Å²) in [5.41, 5.74) is 2.72. The van der Waals surface area contributed by atoms with Crippen LogP contribution in [0, 0.1) is 0 Å². The number of nitrogens with zero attached hydrogens (tertiary/aromatic N) is 3. The molecule has 5 heteroatoms. The number of aliphatic imine (C=N–C) groups is 1. The lowest BCUT2D eigenvalue weighted by atomic mass is 10.2. The smallest absolute Gasteiger partial charge is 0.208 e. The van der Waals surface area contributed by atoms with Gasteiger partial charge in [0.25, 0.3) is 0 Å². The van der Waals surface area contributed by atoms with E-state index in [0.717, 1.165) is 45.1 Å². The van der Waals surface area contributed by atoms with Crippen LogP contribution in [0.4, 0.5) is 0 Å². The quantitative estimate of drug-likeness (QED) is 0.314. The minimum atomic E-state index is 0.568. The van der Waals surface area contributed by atoms with Crippen molar-refractivity contribution < 1.29 is 0 Å². The topological polar surface area (TPSA) is 56.9 Å². The van der Waals surface area contributed by atoms with Crippen molar-refractivity contribution in [2.24, 2.45) is 10.8 Å². The molecule has 0 bridgehead atoms. The zero-order valence-electron chi connectivity index (χ0n) is 10.7. The number of nitrogens with two attached hydrogens (primary N) is 1. The highest BCUT2D eigenvalue weighted by atomic mass is 15.4. The average Bonchev–Trinajstić information content (AvgIpc) is 2.30. The summed E-state index contributed by atoms with van der Waals surface area (Å²) in [5.74, 6) is 6.36. The van der Waals surface area contributed by atoms with Crippen molar-refractivity contribution in [2.75, 3.05) is 32.7 Å². The largest absolute Gasteiger partial charge is 0.339 e. The normalized spacial score (nSPS) is 23.6. The molecule has 0 spiro atoms. The van der Waals surface area contributed by atoms with E-state index in [1.54, 1.807) is 0 Å². The van der Waals surface area contributed by atoms with E-state index >= 15 is 0 Å². The molecular weight excluding hydrogens is 202 g/mol. The maximum Gasteiger partial charge on any atom is 0.208 e. The molecule has 0 aromatic rings. The Kier molecular flexibility index (Phi) is 5.55. The first kappa shape index (κ1) is 13.3. The molecule has 1 rings (SSSR count). The molecule has 0 saturated carbocycles. The fraction of sp³-hybridized carbons (Fsp3) is 0.909. The highest BCUT2D eigenvalue weighted by molar-refractivity contribution is 5.79. The van der Waals surface area contributed by atoms with Crippen LogP contribution in [0.25, 0.3) is 0 Å². The maximum atomic E-state index is 5.52. The Morgan fingerprint density at radius 3 is 2.69 bits per heavy atom. The van der Waals surface area contributed by atoms with E-state index in [1.807, 2.05) is 0 Å². The third-order valence-corrected chi connectivity index (χ3v) is 3.09. The van der Waals surface area contributed by atoms with Crippen molar-refractivity contribution in [3.63, 3.8) is 0 Å². The van der Waals surface area contributed by atoms with Crippen LogP contribution in [0.2, 0.25) is 0 Å². The predicted molar refractivity (Wildman–Crippen MR) is 68.2 cm³/mol. The van der Waals surface area contributed by atoms with Gasteiger partial charge in [0.15, 0.2) is 0 Å². The van der Waals surface area contributed by atoms with Crippen molar-refractivity contribution >= 4 is 5.96 Å². The minimum Gasteiger partial charge on any atom is -0.339 e. The van der Waals surface area contributed by atoms with Crippen LogP contribution in [0.1, 0.15) is 27.2 Å². The first-order valence-corrected chi connectivity index (χ1v) is 6.23. The van der Waals surface area contributed by atoms with Gasteiger partial charge in [-0.15, -0.1) is 0 Å². The van der Waals surface area contributed by atoms with Crippen molar-refractivity contribution in [3.8, 4) is 0 Å². The molecule has 0 aromatic heterocycles. The second kappa shape index (κ2) is 6.70. The molecule has 94 valence electrons. The Hall–Kier alpha value is -0.810. The number of hydrogen-bond acceptors (Lipinski definition) is 3. The Morgan fingerprint density at radius 1 is 1.44 bits per heavy atom. The lowest BCUT2D eigenvalue weighted by Crippen LogP contribution is -2.57. The first-order valence-electron chi connectivity index (χ1n) is 6.23. The van der Waals surface area contributed by atoms with Crippen LogP contribution in [-0.2, 0) is 0 Å². The maximum absolute atomic E-state index is 5.52. The first-order chi connectivity index (χ1) is 7.72. The monoisotopic (exact) mass is 227 g/mol. The summed E-state index contributed by atoms with van der Waals surface area (Å²) in [6.45, 7) is 11.6. The fourth-order valence-corrected chi connectivity index (χ4v) is 2.11. The summed E-state index contributed by atoms with van der Waals surface area (Å²) in [5, 5.41) is 0. The Bertz CT molecular complexity index is 228. The average molecular weight is 227 g/mol. The minimum absolute atomic E-state index is 0.568. The van der Waals surface area contributed by atoms with E-state index < -0.39 is 0 Å². The fourth-order valence-electron chi connectivity index (χ4n) is 2.11. The third-order valence-electron chi connectivity index (χ3n) is 3.09. The highest BCUT2D eigenvalue weighted by Crippen LogP contribution is 2.08. The molecular formula is C11H25N5. The molecule has 0 aromatic carbocycles. The van der Waals surface area contributed by atoms with E-state index in [9.17, 15) is 0 Å². The number of hydrogen-bond donors (Lipinski definition) is 2. The molecule has 1 aliphatic heterocycles. The van der Waals surface area contributed by atoms with E-state index in [2.05, 4.69) is 41.0 Å². The Morgan fingerprint density at radius 2 is 2.19 bits per heavy atom. The van der Waals surface area contributed by atoms with Crippen LogP contribution in [0.15, 0.2) is 4.99 Å². The lowest BCUT2D eigenvalue weighted by Gasteiger charge is -2.40. The molecule has 1 aliphatic rings. The third kappa shape index (κ3) is 3.35. The number of hydrazine groups is 1. The van der Waals surface area contributed by atoms with Crippen molar-refractivity contribution in [2.45, 2.75) is 33.2 Å². The van der Waals surface area contributed by atoms with Crippen molar-refractivity contribution in [3.05, 3.63) is 0 Å². The van der Waals surface area contributed by atoms with Gasteiger partial charge in [-0.25, -0.2) is 5.84 Å². The van der Waals surface area contributed by atoms with Gasteiger partial charge in [-0.2, -0.15) is 0 Å². The molecule has 1 unspecified atom stereocenters. The molecule has 0 amide bonds. The molecule has 16 heavy (non-hydrogen) atoms. The molecule has 1 saturated heterocycles. The lowest BCUT2D eigenvalue weighted by molar-refractivity contribution is 0.127. The van der Waals surface area contributed by atoms with Gasteiger partial charge >= 0.3 is 0 Å². The molecule has 1 fully saturated rings. The molecule has 5 nitrogen and oxygen atoms in total. The van der Waals surface area contributed by atoms with Crippen molar-refractivity contribution in [1.29, 1.82) is 0 Å². The zero-order valence-corrected chi connectivity index (χ0v) is 10.7. The van der Waals surface area contributed by atoms with E-state index in [4.69, 9.17) is 5.84 Å². The highest BCUT2D eigenvalue weighted by Gasteiger charge is 2.23. The van der Waals surface area contributed by atoms with Crippen LogP contribution in [0.3, 0.4) is 0 Å². The van der Waals surface area contributed by atoms with Gasteiger partial charge in [0, 0.05) is 32.2 Å². The van der Waals surface area contributed by atoms with Gasteiger partial charge in [0.05, 0.1) is 0 Å². The summed E-state index contributed by atoms with van der Waals surface area (Å²) in [6.07, 6.45) is 1.05. The summed E-state index contributed by atoms with van der Waals surface area (Å²) in [4.78, 5) is 9.18. The molecule has 1 heterocycles. The SMILES string of the molecule is CCCN=C(NN)N1CCN(CC)C(C)C1. The summed E-state index contributed by atoms with van der Waals surface area (Å²) < 4.78 is 0. The van der Waals surface area contributed by atoms with Gasteiger partial charge in [0.1, 0.15) is 0 Å². The van der Waals surface area contributed by atoms with Gasteiger partial charge in [-0.1, -0.05) is 13.8 Å². The standard InChI is InChI=1S/C11H25N5/c1-4-6-13-11(14-12)16-8-7-15(5-2)10(3)9-16/h10H,4-9,12H2,1-3H3,(H,13,14). The summed E-state index contributed by atoms with van der Waals surface area (Å²) in [7, 11) is 0. The number of piperazine rings is 1. The van der Waals surface area contributed by atoms with Crippen LogP contribution in [-0.4, -0.2) is 54.5 Å². The van der Waals surface area contributed by atoms with Gasteiger partial charge < -0.3 is 4.90 Å². The predicted octanol–water partition coefficient (Wildman–Crippen LogP) is 0.242. The number of nitrogens with one attached hydrogen (secondary N) is 1. The van der Waals surface area contributed by atoms with Crippen LogP contribution < -0.4 is 11.3 Å². The zero-order chi connectivity index (χ0) is 12.0.